The van der Waals surface area contributed by atoms with E-state index in [0.717, 1.165) is 11.3 Å². The van der Waals surface area contributed by atoms with Gasteiger partial charge in [-0.3, -0.25) is 4.79 Å². The average molecular weight is 353 g/mol. The van der Waals surface area contributed by atoms with E-state index in [0.29, 0.717) is 0 Å². The Bertz CT molecular complexity index is 990. The third-order valence-electron chi connectivity index (χ3n) is 6.49. The lowest BCUT2D eigenvalue weighted by molar-refractivity contribution is -0.122. The lowest BCUT2D eigenvalue weighted by Crippen LogP contribution is -2.44. The molecular formula is C25H23NO. The minimum Gasteiger partial charge on any atom is -0.326 e. The van der Waals surface area contributed by atoms with Crippen molar-refractivity contribution >= 4 is 11.6 Å². The molecule has 2 heteroatoms. The first-order chi connectivity index (χ1) is 13.2. The molecule has 1 N–H and O–H groups in total. The van der Waals surface area contributed by atoms with E-state index in [1.54, 1.807) is 0 Å². The number of anilines is 1. The van der Waals surface area contributed by atoms with Gasteiger partial charge in [-0.05, 0) is 46.7 Å². The number of carbonyl (C=O) groups excluding carboxylic acids is 1. The molecule has 3 aliphatic rings. The molecule has 0 aromatic heterocycles. The van der Waals surface area contributed by atoms with E-state index in [4.69, 9.17) is 0 Å². The topological polar surface area (TPSA) is 29.1 Å². The van der Waals surface area contributed by atoms with Crippen molar-refractivity contribution in [2.24, 2.45) is 11.8 Å². The number of hydrogen-bond donors (Lipinski definition) is 1. The summed E-state index contributed by atoms with van der Waals surface area (Å²) in [5.74, 6) is 0.760. The quantitative estimate of drug-likeness (QED) is 0.650. The molecule has 3 aromatic rings. The number of amides is 1. The van der Waals surface area contributed by atoms with E-state index in [2.05, 4.69) is 60.8 Å². The molecule has 0 spiro atoms. The Morgan fingerprint density at radius 3 is 1.78 bits per heavy atom. The minimum atomic E-state index is -0.0561. The third kappa shape index (κ3) is 2.36. The summed E-state index contributed by atoms with van der Waals surface area (Å²) >= 11 is 0. The summed E-state index contributed by atoms with van der Waals surface area (Å²) in [6.45, 7) is 4.28. The van der Waals surface area contributed by atoms with E-state index in [1.807, 2.05) is 31.2 Å². The molecule has 134 valence electrons. The van der Waals surface area contributed by atoms with Crippen LogP contribution in [-0.2, 0) is 4.79 Å². The molecule has 0 heterocycles. The van der Waals surface area contributed by atoms with E-state index in [1.165, 1.54) is 22.3 Å². The molecule has 3 aliphatic carbocycles. The smallest absolute Gasteiger partial charge is 0.228 e. The largest absolute Gasteiger partial charge is 0.326 e. The highest BCUT2D eigenvalue weighted by Crippen LogP contribution is 2.58. The predicted molar refractivity (Wildman–Crippen MR) is 109 cm³/mol. The number of para-hydroxylation sites is 1. The van der Waals surface area contributed by atoms with Crippen molar-refractivity contribution in [1.29, 1.82) is 0 Å². The molecule has 0 radical (unpaired) electrons. The lowest BCUT2D eigenvalue weighted by Gasteiger charge is -2.49. The maximum Gasteiger partial charge on any atom is 0.228 e. The summed E-state index contributed by atoms with van der Waals surface area (Å²) in [7, 11) is 0. The van der Waals surface area contributed by atoms with Crippen LogP contribution < -0.4 is 5.32 Å². The van der Waals surface area contributed by atoms with E-state index in [-0.39, 0.29) is 29.6 Å². The van der Waals surface area contributed by atoms with Gasteiger partial charge in [-0.15, -0.1) is 0 Å². The van der Waals surface area contributed by atoms with Gasteiger partial charge < -0.3 is 5.32 Å². The highest BCUT2D eigenvalue weighted by atomic mass is 16.1. The summed E-state index contributed by atoms with van der Waals surface area (Å²) < 4.78 is 0. The van der Waals surface area contributed by atoms with Crippen molar-refractivity contribution in [3.63, 3.8) is 0 Å². The highest BCUT2D eigenvalue weighted by Gasteiger charge is 2.50. The van der Waals surface area contributed by atoms with Crippen molar-refractivity contribution in [3.05, 3.63) is 101 Å². The Morgan fingerprint density at radius 2 is 1.22 bits per heavy atom. The fourth-order valence-corrected chi connectivity index (χ4v) is 5.27. The molecule has 2 atom stereocenters. The number of carbonyl (C=O) groups is 1. The van der Waals surface area contributed by atoms with Gasteiger partial charge in [-0.25, -0.2) is 0 Å². The molecule has 1 amide bonds. The van der Waals surface area contributed by atoms with Crippen LogP contribution in [0.1, 0.15) is 46.6 Å². The number of rotatable bonds is 2. The number of fused-ring (bicyclic) bond motifs is 1. The second kappa shape index (κ2) is 6.09. The summed E-state index contributed by atoms with van der Waals surface area (Å²) in [6, 6.07) is 25.4. The Morgan fingerprint density at radius 1 is 0.741 bits per heavy atom. The van der Waals surface area contributed by atoms with Crippen LogP contribution in [-0.4, -0.2) is 5.91 Å². The fraction of sp³-hybridized carbons (Fsp3) is 0.240. The maximum absolute atomic E-state index is 13.4. The second-order valence-electron chi connectivity index (χ2n) is 7.90. The fourth-order valence-electron chi connectivity index (χ4n) is 5.27. The van der Waals surface area contributed by atoms with Crippen LogP contribution in [0, 0.1) is 18.8 Å². The van der Waals surface area contributed by atoms with Crippen molar-refractivity contribution in [1.82, 2.24) is 0 Å². The van der Waals surface area contributed by atoms with Crippen LogP contribution in [0.5, 0.6) is 0 Å². The molecule has 0 saturated carbocycles. The van der Waals surface area contributed by atoms with Crippen LogP contribution in [0.2, 0.25) is 0 Å². The summed E-state index contributed by atoms with van der Waals surface area (Å²) in [5.41, 5.74) is 7.45. The molecular weight excluding hydrogens is 330 g/mol. The van der Waals surface area contributed by atoms with Crippen LogP contribution in [0.25, 0.3) is 0 Å². The molecule has 6 rings (SSSR count). The molecule has 3 aromatic carbocycles. The van der Waals surface area contributed by atoms with Crippen LogP contribution in [0.15, 0.2) is 72.8 Å². The lowest BCUT2D eigenvalue weighted by atomic mass is 9.54. The summed E-state index contributed by atoms with van der Waals surface area (Å²) in [4.78, 5) is 13.4. The van der Waals surface area contributed by atoms with Crippen molar-refractivity contribution < 1.29 is 4.79 Å². The molecule has 0 saturated heterocycles. The van der Waals surface area contributed by atoms with Crippen molar-refractivity contribution in [2.75, 3.05) is 5.32 Å². The summed E-state index contributed by atoms with van der Waals surface area (Å²) in [5, 5.41) is 3.22. The van der Waals surface area contributed by atoms with Crippen LogP contribution in [0.3, 0.4) is 0 Å². The Balaban J connectivity index is 1.61. The second-order valence-corrected chi connectivity index (χ2v) is 7.90. The first-order valence-corrected chi connectivity index (χ1v) is 9.71. The molecule has 2 bridgehead atoms. The van der Waals surface area contributed by atoms with Gasteiger partial charge in [0.05, 0.1) is 5.92 Å². The van der Waals surface area contributed by atoms with Crippen LogP contribution >= 0.6 is 0 Å². The molecule has 0 aliphatic heterocycles. The minimum absolute atomic E-state index is 0.0561. The Hall–Kier alpha value is -2.87. The van der Waals surface area contributed by atoms with Gasteiger partial charge in [0.15, 0.2) is 0 Å². The number of aryl methyl sites for hydroxylation is 1. The normalized spacial score (nSPS) is 24.8. The monoisotopic (exact) mass is 353 g/mol. The van der Waals surface area contributed by atoms with Crippen molar-refractivity contribution in [3.8, 4) is 0 Å². The maximum atomic E-state index is 13.4. The van der Waals surface area contributed by atoms with E-state index in [9.17, 15) is 4.79 Å². The van der Waals surface area contributed by atoms with Gasteiger partial charge in [0.2, 0.25) is 5.91 Å². The zero-order valence-electron chi connectivity index (χ0n) is 15.6. The number of benzene rings is 3. The highest BCUT2D eigenvalue weighted by molar-refractivity contribution is 5.95. The van der Waals surface area contributed by atoms with Gasteiger partial charge >= 0.3 is 0 Å². The first kappa shape index (κ1) is 16.3. The summed E-state index contributed by atoms with van der Waals surface area (Å²) in [6.07, 6.45) is 0. The molecule has 0 unspecified atom stereocenters. The molecule has 2 nitrogen and oxygen atoms in total. The van der Waals surface area contributed by atoms with Gasteiger partial charge in [-0.2, -0.15) is 0 Å². The standard InChI is InChI=1S/C25H23NO/c1-15-9-3-8-14-21(15)26-25(27)23-16(2)22-17-10-4-6-12-19(17)24(23)20-13-7-5-11-18(20)22/h3-14,16,22-24H,1-2H3,(H,26,27)/t16-,22?,23+,24?/m0/s1. The predicted octanol–water partition coefficient (Wildman–Crippen LogP) is 5.48. The third-order valence-corrected chi connectivity index (χ3v) is 6.49. The zero-order valence-corrected chi connectivity index (χ0v) is 15.6. The average Bonchev–Trinajstić information content (AvgIpc) is 2.69. The first-order valence-electron chi connectivity index (χ1n) is 9.71. The SMILES string of the molecule is Cc1ccccc1NC(=O)[C@H]1C2c3ccccc3C(c3ccccc32)[C@@H]1C. The van der Waals surface area contributed by atoms with Gasteiger partial charge in [0.25, 0.3) is 0 Å². The molecule has 27 heavy (non-hydrogen) atoms. The number of nitrogens with one attached hydrogen (secondary N) is 1. The van der Waals surface area contributed by atoms with E-state index < -0.39 is 0 Å². The van der Waals surface area contributed by atoms with Crippen LogP contribution in [0.4, 0.5) is 5.69 Å². The van der Waals surface area contributed by atoms with E-state index >= 15 is 0 Å². The van der Waals surface area contributed by atoms with Crippen molar-refractivity contribution in [2.45, 2.75) is 25.7 Å². The zero-order chi connectivity index (χ0) is 18.5. The Labute approximate surface area is 160 Å². The van der Waals surface area contributed by atoms with Gasteiger partial charge in [-0.1, -0.05) is 73.7 Å². The Kier molecular flexibility index (Phi) is 3.68. The number of hydrogen-bond acceptors (Lipinski definition) is 1. The van der Waals surface area contributed by atoms with Gasteiger partial charge in [0.1, 0.15) is 0 Å². The van der Waals surface area contributed by atoms with Gasteiger partial charge in [0, 0.05) is 17.5 Å². The molecule has 0 fully saturated rings.